The summed E-state index contributed by atoms with van der Waals surface area (Å²) in [6, 6.07) is 16.2. The average Bonchev–Trinajstić information content (AvgIpc) is 3.53. The first kappa shape index (κ1) is 20.9. The van der Waals surface area contributed by atoms with Crippen molar-refractivity contribution in [2.75, 3.05) is 13.1 Å². The van der Waals surface area contributed by atoms with Gasteiger partial charge in [0.05, 0.1) is 11.6 Å². The average molecular weight is 449 g/mol. The molecule has 2 aromatic carbocycles. The van der Waals surface area contributed by atoms with Crippen molar-refractivity contribution in [3.63, 3.8) is 0 Å². The Bertz CT molecular complexity index is 1150. The third-order valence-corrected chi connectivity index (χ3v) is 7.33. The molecule has 164 valence electrons. The van der Waals surface area contributed by atoms with E-state index >= 15 is 0 Å². The van der Waals surface area contributed by atoms with E-state index in [0.29, 0.717) is 6.54 Å². The first-order valence-corrected chi connectivity index (χ1v) is 11.9. The van der Waals surface area contributed by atoms with Crippen LogP contribution in [0.3, 0.4) is 0 Å². The Morgan fingerprint density at radius 2 is 1.84 bits per heavy atom. The summed E-state index contributed by atoms with van der Waals surface area (Å²) in [5.74, 6) is -1.04. The summed E-state index contributed by atoms with van der Waals surface area (Å²) in [6.45, 7) is 2.63. The maximum Gasteiger partial charge on any atom is 0.257 e. The molecule has 0 N–H and O–H groups in total. The summed E-state index contributed by atoms with van der Waals surface area (Å²) >= 11 is 1.73. The molecule has 0 radical (unpaired) electrons. The highest BCUT2D eigenvalue weighted by Crippen LogP contribution is 2.38. The van der Waals surface area contributed by atoms with Gasteiger partial charge in [-0.1, -0.05) is 42.0 Å². The normalized spacial score (nSPS) is 17.7. The molecule has 1 aromatic heterocycles. The Morgan fingerprint density at radius 3 is 2.56 bits per heavy atom. The van der Waals surface area contributed by atoms with Crippen LogP contribution in [0.4, 0.5) is 4.39 Å². The lowest BCUT2D eigenvalue weighted by atomic mass is 9.92. The summed E-state index contributed by atoms with van der Waals surface area (Å²) in [7, 11) is 0. The number of amides is 2. The molecule has 4 nitrogen and oxygen atoms in total. The van der Waals surface area contributed by atoms with Crippen LogP contribution in [0, 0.1) is 12.7 Å². The zero-order valence-corrected chi connectivity index (χ0v) is 18.8. The van der Waals surface area contributed by atoms with E-state index in [-0.39, 0.29) is 30.1 Å². The fourth-order valence-electron chi connectivity index (χ4n) is 4.47. The Balaban J connectivity index is 1.43. The number of hydrogen-bond acceptors (Lipinski definition) is 3. The maximum atomic E-state index is 14.3. The number of fused-ring (bicyclic) bond motifs is 1. The van der Waals surface area contributed by atoms with Gasteiger partial charge in [0.2, 0.25) is 5.91 Å². The van der Waals surface area contributed by atoms with Gasteiger partial charge in [-0.15, -0.1) is 11.3 Å². The van der Waals surface area contributed by atoms with E-state index in [1.54, 1.807) is 28.4 Å². The Hall–Kier alpha value is -2.99. The first-order chi connectivity index (χ1) is 15.5. The summed E-state index contributed by atoms with van der Waals surface area (Å²) < 4.78 is 14.3. The molecule has 32 heavy (non-hydrogen) atoms. The Kier molecular flexibility index (Phi) is 5.55. The van der Waals surface area contributed by atoms with Crippen molar-refractivity contribution in [1.29, 1.82) is 0 Å². The highest BCUT2D eigenvalue weighted by molar-refractivity contribution is 7.10. The van der Waals surface area contributed by atoms with Crippen LogP contribution in [0.1, 0.15) is 50.8 Å². The SMILES string of the molecule is Cc1ccc(C2c3ccsc3CCN2C(=O)CN(C(=O)c2ccccc2F)C2CC2)cc1. The zero-order valence-electron chi connectivity index (χ0n) is 18.0. The van der Waals surface area contributed by atoms with Crippen molar-refractivity contribution in [1.82, 2.24) is 9.80 Å². The van der Waals surface area contributed by atoms with E-state index in [1.165, 1.54) is 22.6 Å². The molecule has 2 amide bonds. The molecule has 1 aliphatic heterocycles. The van der Waals surface area contributed by atoms with Crippen LogP contribution in [-0.4, -0.2) is 40.7 Å². The number of halogens is 1. The van der Waals surface area contributed by atoms with Gasteiger partial charge in [0.1, 0.15) is 12.4 Å². The van der Waals surface area contributed by atoms with Crippen molar-refractivity contribution in [3.05, 3.63) is 92.9 Å². The summed E-state index contributed by atoms with van der Waals surface area (Å²) in [5.41, 5.74) is 3.43. The van der Waals surface area contributed by atoms with Gasteiger partial charge in [-0.3, -0.25) is 9.59 Å². The lowest BCUT2D eigenvalue weighted by Gasteiger charge is -2.37. The molecular weight excluding hydrogens is 423 g/mol. The van der Waals surface area contributed by atoms with Gasteiger partial charge in [0.15, 0.2) is 0 Å². The number of nitrogens with zero attached hydrogens (tertiary/aromatic N) is 2. The largest absolute Gasteiger partial charge is 0.330 e. The highest BCUT2D eigenvalue weighted by Gasteiger charge is 2.38. The molecular formula is C26H25FN2O2S. The van der Waals surface area contributed by atoms with Crippen LogP contribution in [-0.2, 0) is 11.2 Å². The molecule has 0 spiro atoms. The smallest absolute Gasteiger partial charge is 0.257 e. The lowest BCUT2D eigenvalue weighted by Crippen LogP contribution is -2.47. The van der Waals surface area contributed by atoms with E-state index in [0.717, 1.165) is 30.4 Å². The van der Waals surface area contributed by atoms with Crippen LogP contribution >= 0.6 is 11.3 Å². The monoisotopic (exact) mass is 448 g/mol. The fourth-order valence-corrected chi connectivity index (χ4v) is 5.38. The van der Waals surface area contributed by atoms with Crippen molar-refractivity contribution < 1.29 is 14.0 Å². The molecule has 3 aromatic rings. The van der Waals surface area contributed by atoms with Gasteiger partial charge in [0, 0.05) is 17.5 Å². The number of carbonyl (C=O) groups excluding carboxylic acids is 2. The fraction of sp³-hybridized carbons (Fsp3) is 0.308. The molecule has 1 atom stereocenters. The highest BCUT2D eigenvalue weighted by atomic mass is 32.1. The third-order valence-electron chi connectivity index (χ3n) is 6.34. The second-order valence-corrected chi connectivity index (χ2v) is 9.59. The standard InChI is InChI=1S/C26H25FN2O2S/c1-17-6-8-18(9-7-17)25-21-13-15-32-23(21)12-14-28(25)24(30)16-29(19-10-11-19)26(31)20-4-2-3-5-22(20)27/h2-9,13,15,19,25H,10-12,14,16H2,1H3. The van der Waals surface area contributed by atoms with E-state index < -0.39 is 11.7 Å². The van der Waals surface area contributed by atoms with Crippen molar-refractivity contribution >= 4 is 23.2 Å². The molecule has 0 bridgehead atoms. The number of carbonyl (C=O) groups is 2. The number of rotatable bonds is 5. The topological polar surface area (TPSA) is 40.6 Å². The lowest BCUT2D eigenvalue weighted by molar-refractivity contribution is -0.134. The molecule has 2 heterocycles. The van der Waals surface area contributed by atoms with Gasteiger partial charge in [-0.25, -0.2) is 4.39 Å². The van der Waals surface area contributed by atoms with Crippen LogP contribution < -0.4 is 0 Å². The number of aryl methyl sites for hydroxylation is 1. The van der Waals surface area contributed by atoms with E-state index in [4.69, 9.17) is 0 Å². The van der Waals surface area contributed by atoms with Crippen LogP contribution in [0.2, 0.25) is 0 Å². The summed E-state index contributed by atoms with van der Waals surface area (Å²) in [6.07, 6.45) is 2.51. The minimum Gasteiger partial charge on any atom is -0.330 e. The van der Waals surface area contributed by atoms with Gasteiger partial charge in [-0.2, -0.15) is 0 Å². The van der Waals surface area contributed by atoms with E-state index in [1.807, 2.05) is 11.8 Å². The molecule has 0 saturated heterocycles. The number of hydrogen-bond donors (Lipinski definition) is 0. The third kappa shape index (κ3) is 3.95. The number of thiophene rings is 1. The quantitative estimate of drug-likeness (QED) is 0.553. The zero-order chi connectivity index (χ0) is 22.2. The molecule has 1 saturated carbocycles. The summed E-state index contributed by atoms with van der Waals surface area (Å²) in [5, 5.41) is 2.08. The predicted molar refractivity (Wildman–Crippen MR) is 123 cm³/mol. The van der Waals surface area contributed by atoms with Crippen LogP contribution in [0.25, 0.3) is 0 Å². The van der Waals surface area contributed by atoms with E-state index in [2.05, 4.69) is 35.7 Å². The molecule has 1 unspecified atom stereocenters. The minimum absolute atomic E-state index is 0.00498. The molecule has 2 aliphatic rings. The minimum atomic E-state index is -0.547. The molecule has 1 aliphatic carbocycles. The molecule has 6 heteroatoms. The van der Waals surface area contributed by atoms with Gasteiger partial charge in [0.25, 0.3) is 5.91 Å². The Labute approximate surface area is 191 Å². The second kappa shape index (κ2) is 8.51. The maximum absolute atomic E-state index is 14.3. The van der Waals surface area contributed by atoms with Gasteiger partial charge < -0.3 is 9.80 Å². The second-order valence-electron chi connectivity index (χ2n) is 8.59. The molecule has 1 fully saturated rings. The first-order valence-electron chi connectivity index (χ1n) is 11.0. The van der Waals surface area contributed by atoms with Gasteiger partial charge in [-0.05, 0) is 60.9 Å². The van der Waals surface area contributed by atoms with Crippen LogP contribution in [0.5, 0.6) is 0 Å². The number of benzene rings is 2. The summed E-state index contributed by atoms with van der Waals surface area (Å²) in [4.78, 5) is 31.5. The van der Waals surface area contributed by atoms with Crippen molar-refractivity contribution in [3.8, 4) is 0 Å². The Morgan fingerprint density at radius 1 is 1.09 bits per heavy atom. The van der Waals surface area contributed by atoms with Crippen LogP contribution in [0.15, 0.2) is 60.0 Å². The van der Waals surface area contributed by atoms with Crippen molar-refractivity contribution in [2.45, 2.75) is 38.3 Å². The van der Waals surface area contributed by atoms with Crippen molar-refractivity contribution in [2.24, 2.45) is 0 Å². The van der Waals surface area contributed by atoms with Gasteiger partial charge >= 0.3 is 0 Å². The predicted octanol–water partition coefficient (Wildman–Crippen LogP) is 4.97. The molecule has 5 rings (SSSR count). The van der Waals surface area contributed by atoms with E-state index in [9.17, 15) is 14.0 Å².